The molecule has 48 heavy (non-hydrogen) atoms. The maximum atomic E-state index is 13.2. The van der Waals surface area contributed by atoms with Gasteiger partial charge in [-0.25, -0.2) is 0 Å². The molecule has 0 fully saturated rings. The van der Waals surface area contributed by atoms with Crippen molar-refractivity contribution in [1.82, 2.24) is 14.9 Å². The second-order valence-corrected chi connectivity index (χ2v) is 12.1. The first kappa shape index (κ1) is 36.5. The summed E-state index contributed by atoms with van der Waals surface area (Å²) in [6, 6.07) is 19.3. The van der Waals surface area contributed by atoms with Gasteiger partial charge in [0.2, 0.25) is 11.8 Å². The van der Waals surface area contributed by atoms with Crippen molar-refractivity contribution >= 4 is 69.9 Å². The van der Waals surface area contributed by atoms with Crippen LogP contribution in [0.5, 0.6) is 5.75 Å². The maximum Gasteiger partial charge on any atom is 0.294 e. The monoisotopic (exact) mass is 693 g/mol. The summed E-state index contributed by atoms with van der Waals surface area (Å²) in [5.41, 5.74) is 2.45. The second-order valence-electron chi connectivity index (χ2n) is 12.1. The standard InChI is InChI=1S/C36H39N5O5.2ClH/c1-5-41-30-12-11-25(23-31(30)39(4)34(43)36(2,3)35(41)44)45-21-8-17-37-29(27-13-18-38-28-10-7-6-9-26(27)28)15-20-40-19-14-24-16-22-46-32(24)33(40)42;;/h6-7,9-14,16,18-19,22-23,29,37H,5,8,15,17,20-21H2,1-4H3;2*1H. The number of hydrogen-bond acceptors (Lipinski definition) is 7. The van der Waals surface area contributed by atoms with Crippen molar-refractivity contribution in [3.8, 4) is 5.75 Å². The Kier molecular flexibility index (Phi) is 11.6. The fourth-order valence-electron chi connectivity index (χ4n) is 6.24. The fourth-order valence-corrected chi connectivity index (χ4v) is 6.24. The van der Waals surface area contributed by atoms with Gasteiger partial charge < -0.3 is 28.8 Å². The van der Waals surface area contributed by atoms with Crippen molar-refractivity contribution in [2.45, 2.75) is 46.2 Å². The quantitative estimate of drug-likeness (QED) is 0.124. The van der Waals surface area contributed by atoms with Crippen LogP contribution >= 0.6 is 24.8 Å². The number of rotatable bonds is 11. The number of aromatic nitrogens is 2. The van der Waals surface area contributed by atoms with Gasteiger partial charge in [0.1, 0.15) is 11.2 Å². The lowest BCUT2D eigenvalue weighted by Gasteiger charge is -2.27. The van der Waals surface area contributed by atoms with Crippen LogP contribution in [-0.4, -0.2) is 48.1 Å². The molecule has 0 radical (unpaired) electrons. The Morgan fingerprint density at radius 2 is 1.77 bits per heavy atom. The summed E-state index contributed by atoms with van der Waals surface area (Å²) in [5, 5.41) is 5.55. The number of pyridine rings is 2. The molecule has 2 amide bonds. The predicted molar refractivity (Wildman–Crippen MR) is 194 cm³/mol. The molecule has 6 rings (SSSR count). The fraction of sp³-hybridized carbons (Fsp3) is 0.333. The van der Waals surface area contributed by atoms with Crippen LogP contribution < -0.4 is 25.4 Å². The van der Waals surface area contributed by atoms with Crippen molar-refractivity contribution < 1.29 is 18.7 Å². The molecule has 0 saturated carbocycles. The lowest BCUT2D eigenvalue weighted by Crippen LogP contribution is -2.47. The van der Waals surface area contributed by atoms with Crippen LogP contribution in [0.25, 0.3) is 21.9 Å². The number of ether oxygens (including phenoxy) is 1. The van der Waals surface area contributed by atoms with E-state index in [-0.39, 0.29) is 48.2 Å². The Morgan fingerprint density at radius 3 is 2.56 bits per heavy atom. The van der Waals surface area contributed by atoms with E-state index >= 15 is 0 Å². The lowest BCUT2D eigenvalue weighted by atomic mass is 9.90. The van der Waals surface area contributed by atoms with E-state index in [0.717, 1.165) is 28.3 Å². The first-order chi connectivity index (χ1) is 22.2. The number of fused-ring (bicyclic) bond motifs is 3. The molecule has 1 N–H and O–H groups in total. The van der Waals surface area contributed by atoms with Crippen molar-refractivity contribution in [2.75, 3.05) is 36.5 Å². The topological polar surface area (TPSA) is 110 Å². The molecule has 0 spiro atoms. The normalized spacial score (nSPS) is 14.7. The third-order valence-corrected chi connectivity index (χ3v) is 8.82. The zero-order chi connectivity index (χ0) is 32.4. The molecule has 1 aliphatic rings. The van der Waals surface area contributed by atoms with Crippen LogP contribution in [-0.2, 0) is 16.1 Å². The number of nitrogens with one attached hydrogen (secondary N) is 1. The summed E-state index contributed by atoms with van der Waals surface area (Å²) in [6.07, 6.45) is 6.57. The number of aryl methyl sites for hydroxylation is 1. The van der Waals surface area contributed by atoms with E-state index in [0.29, 0.717) is 55.4 Å². The minimum atomic E-state index is -1.16. The van der Waals surface area contributed by atoms with Crippen LogP contribution in [0.15, 0.2) is 88.5 Å². The van der Waals surface area contributed by atoms with E-state index in [9.17, 15) is 14.4 Å². The van der Waals surface area contributed by atoms with Crippen molar-refractivity contribution in [2.24, 2.45) is 5.41 Å². The smallest absolute Gasteiger partial charge is 0.294 e. The van der Waals surface area contributed by atoms with Crippen LogP contribution in [0.4, 0.5) is 11.4 Å². The summed E-state index contributed by atoms with van der Waals surface area (Å²) in [7, 11) is 1.70. The van der Waals surface area contributed by atoms with E-state index in [2.05, 4.69) is 16.4 Å². The largest absolute Gasteiger partial charge is 0.493 e. The van der Waals surface area contributed by atoms with Crippen molar-refractivity contribution in [3.05, 3.63) is 95.2 Å². The molecule has 0 bridgehead atoms. The lowest BCUT2D eigenvalue weighted by molar-refractivity contribution is -0.137. The third kappa shape index (κ3) is 6.92. The highest BCUT2D eigenvalue weighted by molar-refractivity contribution is 6.20. The van der Waals surface area contributed by atoms with Crippen molar-refractivity contribution in [1.29, 1.82) is 0 Å². The second kappa shape index (κ2) is 15.2. The minimum Gasteiger partial charge on any atom is -0.493 e. The molecule has 10 nitrogen and oxygen atoms in total. The minimum absolute atomic E-state index is 0. The third-order valence-electron chi connectivity index (χ3n) is 8.82. The number of nitrogens with zero attached hydrogens (tertiary/aromatic N) is 4. The molecule has 0 aliphatic carbocycles. The number of benzene rings is 2. The molecule has 4 heterocycles. The molecular formula is C36H41Cl2N5O5. The number of carbonyl (C=O) groups excluding carboxylic acids is 2. The number of furan rings is 1. The molecule has 254 valence electrons. The summed E-state index contributed by atoms with van der Waals surface area (Å²) in [4.78, 5) is 47.1. The molecular weight excluding hydrogens is 653 g/mol. The number of amides is 2. The molecule has 1 atom stereocenters. The summed E-state index contributed by atoms with van der Waals surface area (Å²) in [6.45, 7) is 7.34. The van der Waals surface area contributed by atoms with E-state index in [1.54, 1.807) is 41.3 Å². The zero-order valence-electron chi connectivity index (χ0n) is 27.5. The highest BCUT2D eigenvalue weighted by Gasteiger charge is 2.45. The molecule has 1 unspecified atom stereocenters. The highest BCUT2D eigenvalue weighted by Crippen LogP contribution is 2.40. The van der Waals surface area contributed by atoms with Crippen LogP contribution in [0, 0.1) is 5.41 Å². The van der Waals surface area contributed by atoms with Crippen molar-refractivity contribution in [3.63, 3.8) is 0 Å². The summed E-state index contributed by atoms with van der Waals surface area (Å²) >= 11 is 0. The number of carbonyl (C=O) groups is 2. The van der Waals surface area contributed by atoms with Gasteiger partial charge in [-0.3, -0.25) is 19.4 Å². The molecule has 3 aromatic heterocycles. The summed E-state index contributed by atoms with van der Waals surface area (Å²) in [5.74, 6) is 0.163. The van der Waals surface area contributed by atoms with Gasteiger partial charge >= 0.3 is 0 Å². The average Bonchev–Trinajstić information content (AvgIpc) is 3.55. The molecule has 12 heteroatoms. The van der Waals surface area contributed by atoms with E-state index in [4.69, 9.17) is 9.15 Å². The zero-order valence-corrected chi connectivity index (χ0v) is 29.1. The van der Waals surface area contributed by atoms with Gasteiger partial charge in [0.05, 0.1) is 29.8 Å². The first-order valence-corrected chi connectivity index (χ1v) is 15.7. The Bertz CT molecular complexity index is 1970. The van der Waals surface area contributed by atoms with Gasteiger partial charge in [0, 0.05) is 55.4 Å². The maximum absolute atomic E-state index is 13.2. The Balaban J connectivity index is 0.00000260. The molecule has 1 aliphatic heterocycles. The average molecular weight is 695 g/mol. The number of para-hydroxylation sites is 1. The van der Waals surface area contributed by atoms with Gasteiger partial charge in [0.15, 0.2) is 5.58 Å². The SMILES string of the molecule is CCN1C(=O)C(C)(C)C(=O)N(C)c2cc(OCCCNC(CCn3ccc4ccoc4c3=O)c3ccnc4ccccc34)ccc21.Cl.Cl. The number of halogens is 2. The van der Waals surface area contributed by atoms with E-state index in [1.165, 1.54) is 6.26 Å². The predicted octanol–water partition coefficient (Wildman–Crippen LogP) is 6.53. The van der Waals surface area contributed by atoms with Crippen LogP contribution in [0.2, 0.25) is 0 Å². The van der Waals surface area contributed by atoms with E-state index < -0.39 is 5.41 Å². The highest BCUT2D eigenvalue weighted by atomic mass is 35.5. The van der Waals surface area contributed by atoms with Crippen LogP contribution in [0.1, 0.15) is 45.2 Å². The number of hydrogen-bond donors (Lipinski definition) is 1. The molecule has 2 aromatic carbocycles. The van der Waals surface area contributed by atoms with Crippen LogP contribution in [0.3, 0.4) is 0 Å². The molecule has 0 saturated heterocycles. The Labute approximate surface area is 291 Å². The summed E-state index contributed by atoms with van der Waals surface area (Å²) < 4.78 is 13.3. The van der Waals surface area contributed by atoms with Gasteiger partial charge in [-0.05, 0) is 82.1 Å². The Morgan fingerprint density at radius 1 is 0.979 bits per heavy atom. The van der Waals surface area contributed by atoms with Gasteiger partial charge in [-0.15, -0.1) is 24.8 Å². The van der Waals surface area contributed by atoms with Gasteiger partial charge in [-0.2, -0.15) is 0 Å². The molecule has 5 aromatic rings. The van der Waals surface area contributed by atoms with Gasteiger partial charge in [0.25, 0.3) is 5.56 Å². The van der Waals surface area contributed by atoms with E-state index in [1.807, 2.05) is 67.8 Å². The van der Waals surface area contributed by atoms with Gasteiger partial charge in [-0.1, -0.05) is 18.2 Å². The Hall–Kier alpha value is -4.38. The number of anilines is 2. The first-order valence-electron chi connectivity index (χ1n) is 15.7.